The highest BCUT2D eigenvalue weighted by atomic mass is 16.9. The van der Waals surface area contributed by atoms with Gasteiger partial charge >= 0.3 is 0 Å². The third kappa shape index (κ3) is 11.1. The molecule has 40 heavy (non-hydrogen) atoms. The van der Waals surface area contributed by atoms with Crippen molar-refractivity contribution in [2.75, 3.05) is 0 Å². The van der Waals surface area contributed by atoms with Gasteiger partial charge in [0.05, 0.1) is 18.3 Å². The van der Waals surface area contributed by atoms with Crippen LogP contribution in [-0.2, 0) is 29.2 Å². The molecule has 1 amide bonds. The molecule has 0 aliphatic heterocycles. The van der Waals surface area contributed by atoms with Crippen molar-refractivity contribution in [1.29, 1.82) is 0 Å². The molecule has 1 aliphatic rings. The first kappa shape index (κ1) is 31.3. The predicted molar refractivity (Wildman–Crippen MR) is 151 cm³/mol. The molecule has 0 aromatic heterocycles. The fourth-order valence-corrected chi connectivity index (χ4v) is 5.33. The number of allylic oxidation sites excluding steroid dienone is 2. The lowest BCUT2D eigenvalue weighted by Gasteiger charge is -2.23. The van der Waals surface area contributed by atoms with Gasteiger partial charge in [-0.1, -0.05) is 66.7 Å². The van der Waals surface area contributed by atoms with Gasteiger partial charge in [-0.15, -0.1) is 10.1 Å². The second-order valence-corrected chi connectivity index (χ2v) is 10.6. The number of amides is 1. The Bertz CT molecular complexity index is 1060. The number of benzene rings is 2. The number of hydrogen-bond donors (Lipinski definition) is 4. The highest BCUT2D eigenvalue weighted by Gasteiger charge is 2.40. The van der Waals surface area contributed by atoms with Gasteiger partial charge in [0, 0.05) is 13.0 Å². The van der Waals surface area contributed by atoms with Crippen LogP contribution in [-0.4, -0.2) is 44.6 Å². The van der Waals surface area contributed by atoms with Crippen molar-refractivity contribution in [2.24, 2.45) is 11.8 Å². The van der Waals surface area contributed by atoms with E-state index in [4.69, 9.17) is 0 Å². The highest BCUT2D eigenvalue weighted by molar-refractivity contribution is 5.75. The van der Waals surface area contributed by atoms with Crippen molar-refractivity contribution < 1.29 is 30.0 Å². The molecule has 0 spiro atoms. The zero-order chi connectivity index (χ0) is 28.7. The van der Waals surface area contributed by atoms with Crippen LogP contribution in [0, 0.1) is 22.0 Å². The molecule has 3 rings (SSSR count). The summed E-state index contributed by atoms with van der Waals surface area (Å²) in [4.78, 5) is 26.8. The van der Waals surface area contributed by atoms with Crippen LogP contribution in [0.4, 0.5) is 0 Å². The smallest absolute Gasteiger partial charge is 0.294 e. The minimum atomic E-state index is -0.829. The molecule has 0 bridgehead atoms. The van der Waals surface area contributed by atoms with Crippen molar-refractivity contribution in [3.8, 4) is 0 Å². The molecule has 1 saturated carbocycles. The Kier molecular flexibility index (Phi) is 13.1. The number of carbonyl (C=O) groups is 1. The van der Waals surface area contributed by atoms with Crippen LogP contribution in [0.3, 0.4) is 0 Å². The number of unbranched alkanes of at least 4 members (excludes halogenated alkanes) is 1. The molecule has 0 radical (unpaired) electrons. The summed E-state index contributed by atoms with van der Waals surface area (Å²) >= 11 is 0. The minimum absolute atomic E-state index is 0.0339. The molecular formula is C31H42N2O7. The van der Waals surface area contributed by atoms with Crippen molar-refractivity contribution in [3.63, 3.8) is 0 Å². The molecule has 9 nitrogen and oxygen atoms in total. The number of aliphatic hydroxyl groups excluding tert-OH is 3. The van der Waals surface area contributed by atoms with E-state index in [0.717, 1.165) is 18.4 Å². The fraction of sp³-hybridized carbons (Fsp3) is 0.516. The summed E-state index contributed by atoms with van der Waals surface area (Å²) in [5.41, 5.74) is 2.78. The maximum atomic E-state index is 12.2. The van der Waals surface area contributed by atoms with Crippen LogP contribution in [0.2, 0.25) is 0 Å². The Labute approximate surface area is 236 Å². The van der Waals surface area contributed by atoms with Crippen LogP contribution < -0.4 is 5.32 Å². The van der Waals surface area contributed by atoms with E-state index in [-0.39, 0.29) is 24.3 Å². The molecule has 4 N–H and O–H groups in total. The fourth-order valence-electron chi connectivity index (χ4n) is 5.33. The topological polar surface area (TPSA) is 142 Å². The lowest BCUT2D eigenvalue weighted by molar-refractivity contribution is -0.763. The molecule has 218 valence electrons. The summed E-state index contributed by atoms with van der Waals surface area (Å²) < 4.78 is 0. The van der Waals surface area contributed by atoms with Gasteiger partial charge in [0.2, 0.25) is 5.91 Å². The van der Waals surface area contributed by atoms with E-state index in [1.54, 1.807) is 24.3 Å². The zero-order valence-corrected chi connectivity index (χ0v) is 22.9. The van der Waals surface area contributed by atoms with Gasteiger partial charge in [-0.05, 0) is 79.9 Å². The molecule has 9 heteroatoms. The largest absolute Gasteiger partial charge is 0.393 e. The van der Waals surface area contributed by atoms with Gasteiger partial charge in [0.25, 0.3) is 5.09 Å². The number of nitrogens with zero attached hydrogens (tertiary/aromatic N) is 1. The van der Waals surface area contributed by atoms with Gasteiger partial charge in [-0.25, -0.2) is 0 Å². The molecule has 2 aromatic rings. The summed E-state index contributed by atoms with van der Waals surface area (Å²) in [5, 5.41) is 43.8. The lowest BCUT2D eigenvalue weighted by atomic mass is 9.85. The standard InChI is InChI=1S/C31H42N2O7/c34-26(17-16-23-8-4-3-5-9-23)18-19-28-27(29(35)20-30(28)36)10-6-1-2-7-11-31(37)32-21-24-12-14-25(15-13-24)22-40-33(38)39/h1,3-6,8-9,12-15,26-30,34-36H,2,7,10-11,16-22H2,(H,32,37)/t26-,27+,28+,29-,30+/m0/s1. The predicted octanol–water partition coefficient (Wildman–Crippen LogP) is 4.26. The van der Waals surface area contributed by atoms with Crippen LogP contribution >= 0.6 is 0 Å². The Hall–Kier alpha value is -3.27. The van der Waals surface area contributed by atoms with Crippen molar-refractivity contribution in [3.05, 3.63) is 93.6 Å². The number of aliphatic hydroxyl groups is 3. The third-order valence-electron chi connectivity index (χ3n) is 7.66. The number of nitrogens with one attached hydrogen (secondary N) is 1. The first-order chi connectivity index (χ1) is 19.3. The number of hydrogen-bond acceptors (Lipinski definition) is 7. The molecule has 5 atom stereocenters. The van der Waals surface area contributed by atoms with E-state index in [9.17, 15) is 30.2 Å². The molecule has 0 unspecified atom stereocenters. The van der Waals surface area contributed by atoms with Crippen LogP contribution in [0.1, 0.15) is 68.1 Å². The maximum Gasteiger partial charge on any atom is 0.294 e. The molecule has 1 aliphatic carbocycles. The van der Waals surface area contributed by atoms with Gasteiger partial charge in [0.15, 0.2) is 0 Å². The van der Waals surface area contributed by atoms with Crippen molar-refractivity contribution in [2.45, 2.75) is 89.3 Å². The van der Waals surface area contributed by atoms with E-state index in [1.165, 1.54) is 5.56 Å². The SMILES string of the molecule is O=C(CCCC=CC[C@@H]1[C@@H](CC[C@@H](O)CCc2ccccc2)[C@H](O)C[C@@H]1O)NCc1ccc(CO[N+](=O)[O-])cc1. The molecule has 2 aromatic carbocycles. The summed E-state index contributed by atoms with van der Waals surface area (Å²) in [6.07, 6.45) is 8.20. The summed E-state index contributed by atoms with van der Waals surface area (Å²) in [6, 6.07) is 17.1. The first-order valence-corrected chi connectivity index (χ1v) is 14.2. The zero-order valence-electron chi connectivity index (χ0n) is 22.9. The minimum Gasteiger partial charge on any atom is -0.393 e. The van der Waals surface area contributed by atoms with Crippen molar-refractivity contribution >= 4 is 5.91 Å². The highest BCUT2D eigenvalue weighted by Crippen LogP contribution is 2.38. The summed E-state index contributed by atoms with van der Waals surface area (Å²) in [5.74, 6) is -0.116. The first-order valence-electron chi connectivity index (χ1n) is 14.2. The van der Waals surface area contributed by atoms with Gasteiger partial charge in [-0.2, -0.15) is 0 Å². The van der Waals surface area contributed by atoms with Crippen molar-refractivity contribution in [1.82, 2.24) is 5.32 Å². The van der Waals surface area contributed by atoms with Gasteiger partial charge in [-0.3, -0.25) is 4.79 Å². The normalized spacial score (nSPS) is 21.4. The second kappa shape index (κ2) is 16.7. The molecule has 1 fully saturated rings. The van der Waals surface area contributed by atoms with E-state index in [2.05, 4.69) is 22.3 Å². The van der Waals surface area contributed by atoms with Crippen LogP contribution in [0.15, 0.2) is 66.7 Å². The summed E-state index contributed by atoms with van der Waals surface area (Å²) in [6.45, 7) is 0.279. The van der Waals surface area contributed by atoms with E-state index in [1.807, 2.05) is 30.4 Å². The number of rotatable bonds is 17. The Balaban J connectivity index is 1.30. The Morgan fingerprint density at radius 2 is 1.70 bits per heavy atom. The van der Waals surface area contributed by atoms with E-state index < -0.39 is 23.4 Å². The lowest BCUT2D eigenvalue weighted by Crippen LogP contribution is -2.23. The third-order valence-corrected chi connectivity index (χ3v) is 7.66. The number of carbonyl (C=O) groups excluding carboxylic acids is 1. The number of aryl methyl sites for hydroxylation is 1. The summed E-state index contributed by atoms with van der Waals surface area (Å²) in [7, 11) is 0. The van der Waals surface area contributed by atoms with Crippen LogP contribution in [0.25, 0.3) is 0 Å². The Morgan fingerprint density at radius 1 is 1.00 bits per heavy atom. The Morgan fingerprint density at radius 3 is 2.42 bits per heavy atom. The quantitative estimate of drug-likeness (QED) is 0.0991. The molecular weight excluding hydrogens is 512 g/mol. The van der Waals surface area contributed by atoms with Crippen LogP contribution in [0.5, 0.6) is 0 Å². The maximum absolute atomic E-state index is 12.2. The molecule has 0 saturated heterocycles. The average Bonchev–Trinajstić information content (AvgIpc) is 3.22. The van der Waals surface area contributed by atoms with E-state index in [0.29, 0.717) is 57.1 Å². The molecule has 0 heterocycles. The van der Waals surface area contributed by atoms with Gasteiger partial charge < -0.3 is 25.5 Å². The van der Waals surface area contributed by atoms with E-state index >= 15 is 0 Å². The second-order valence-electron chi connectivity index (χ2n) is 10.6. The van der Waals surface area contributed by atoms with Gasteiger partial charge in [0.1, 0.15) is 6.61 Å². The monoisotopic (exact) mass is 554 g/mol. The average molecular weight is 555 g/mol.